The zero-order chi connectivity index (χ0) is 12.7. The molecule has 0 aliphatic carbocycles. The number of rotatable bonds is 7. The summed E-state index contributed by atoms with van der Waals surface area (Å²) in [7, 11) is 0. The van der Waals surface area contributed by atoms with Crippen LogP contribution in [-0.4, -0.2) is 23.5 Å². The number of carboxylic acid groups (broad SMARTS) is 1. The monoisotopic (exact) mass is 255 g/mol. The van der Waals surface area contributed by atoms with Crippen LogP contribution in [0.5, 0.6) is 0 Å². The molecule has 1 rings (SSSR count). The van der Waals surface area contributed by atoms with Crippen LogP contribution in [-0.2, 0) is 16.0 Å². The Labute approximate surface area is 105 Å². The molecule has 0 fully saturated rings. The lowest BCUT2D eigenvalue weighted by molar-refractivity contribution is -0.141. The summed E-state index contributed by atoms with van der Waals surface area (Å²) in [5.74, 6) is -1.44. The Kier molecular flexibility index (Phi) is 5.69. The first-order valence-corrected chi connectivity index (χ1v) is 6.58. The Morgan fingerprint density at radius 3 is 2.82 bits per heavy atom. The largest absolute Gasteiger partial charge is 0.481 e. The number of amides is 1. The Morgan fingerprint density at radius 2 is 2.29 bits per heavy atom. The molecule has 2 N–H and O–H groups in total. The zero-order valence-corrected chi connectivity index (χ0v) is 10.6. The highest BCUT2D eigenvalue weighted by Gasteiger charge is 2.17. The summed E-state index contributed by atoms with van der Waals surface area (Å²) in [6, 6.07) is 1.89. The Morgan fingerprint density at radius 1 is 1.53 bits per heavy atom. The van der Waals surface area contributed by atoms with Crippen molar-refractivity contribution < 1.29 is 14.7 Å². The van der Waals surface area contributed by atoms with E-state index in [1.54, 1.807) is 11.3 Å². The summed E-state index contributed by atoms with van der Waals surface area (Å²) in [6.07, 6.45) is 1.72. The van der Waals surface area contributed by atoms with E-state index >= 15 is 0 Å². The first-order valence-electron chi connectivity index (χ1n) is 5.64. The van der Waals surface area contributed by atoms with Crippen molar-refractivity contribution in [2.45, 2.75) is 26.2 Å². The maximum Gasteiger partial charge on any atom is 0.308 e. The molecule has 0 spiro atoms. The highest BCUT2D eigenvalue weighted by molar-refractivity contribution is 7.07. The fourth-order valence-corrected chi connectivity index (χ4v) is 2.21. The minimum Gasteiger partial charge on any atom is -0.481 e. The average molecular weight is 255 g/mol. The summed E-state index contributed by atoms with van der Waals surface area (Å²) in [5, 5.41) is 15.4. The van der Waals surface area contributed by atoms with Gasteiger partial charge in [0, 0.05) is 6.54 Å². The molecule has 0 aliphatic heterocycles. The Balaban J connectivity index is 2.33. The molecule has 94 valence electrons. The van der Waals surface area contributed by atoms with Crippen LogP contribution < -0.4 is 5.32 Å². The molecule has 5 heteroatoms. The maximum absolute atomic E-state index is 11.5. The molecule has 1 atom stereocenters. The van der Waals surface area contributed by atoms with Crippen molar-refractivity contribution in [3.63, 3.8) is 0 Å². The summed E-state index contributed by atoms with van der Waals surface area (Å²) in [5.41, 5.74) is 0.967. The van der Waals surface area contributed by atoms with Crippen molar-refractivity contribution in [3.8, 4) is 0 Å². The van der Waals surface area contributed by atoms with Crippen LogP contribution in [0.25, 0.3) is 0 Å². The molecule has 0 aromatic carbocycles. The molecule has 1 aromatic heterocycles. The molecule has 1 heterocycles. The van der Waals surface area contributed by atoms with Gasteiger partial charge >= 0.3 is 5.97 Å². The van der Waals surface area contributed by atoms with E-state index in [-0.39, 0.29) is 12.5 Å². The van der Waals surface area contributed by atoms with Crippen molar-refractivity contribution in [2.24, 2.45) is 5.92 Å². The van der Waals surface area contributed by atoms with E-state index in [2.05, 4.69) is 5.32 Å². The van der Waals surface area contributed by atoms with Crippen LogP contribution in [0.15, 0.2) is 16.8 Å². The lowest BCUT2D eigenvalue weighted by Gasteiger charge is -2.11. The Hall–Kier alpha value is -1.36. The number of carboxylic acids is 1. The third-order valence-electron chi connectivity index (χ3n) is 2.48. The lowest BCUT2D eigenvalue weighted by Crippen LogP contribution is -2.33. The number of carbonyl (C=O) groups is 2. The fraction of sp³-hybridized carbons (Fsp3) is 0.500. The van der Waals surface area contributed by atoms with Crippen LogP contribution in [0.3, 0.4) is 0 Å². The fourth-order valence-electron chi connectivity index (χ4n) is 1.54. The van der Waals surface area contributed by atoms with Crippen molar-refractivity contribution >= 4 is 23.2 Å². The van der Waals surface area contributed by atoms with Crippen LogP contribution >= 0.6 is 11.3 Å². The maximum atomic E-state index is 11.5. The van der Waals surface area contributed by atoms with Gasteiger partial charge < -0.3 is 10.4 Å². The number of carbonyl (C=O) groups excluding carboxylic acids is 1. The number of hydrogen-bond donors (Lipinski definition) is 2. The van der Waals surface area contributed by atoms with Crippen LogP contribution in [0.1, 0.15) is 25.3 Å². The van der Waals surface area contributed by atoms with E-state index in [0.29, 0.717) is 12.8 Å². The SMILES string of the molecule is CCCC(CNC(=O)Cc1ccsc1)C(=O)O. The van der Waals surface area contributed by atoms with Gasteiger partial charge in [0.2, 0.25) is 5.91 Å². The highest BCUT2D eigenvalue weighted by Crippen LogP contribution is 2.07. The highest BCUT2D eigenvalue weighted by atomic mass is 32.1. The predicted octanol–water partition coefficient (Wildman–Crippen LogP) is 1.91. The van der Waals surface area contributed by atoms with Crippen molar-refractivity contribution in [3.05, 3.63) is 22.4 Å². The van der Waals surface area contributed by atoms with Gasteiger partial charge in [-0.3, -0.25) is 9.59 Å². The van der Waals surface area contributed by atoms with Gasteiger partial charge in [0.25, 0.3) is 0 Å². The molecule has 4 nitrogen and oxygen atoms in total. The average Bonchev–Trinajstić information content (AvgIpc) is 2.76. The molecule has 1 unspecified atom stereocenters. The van der Waals surface area contributed by atoms with Gasteiger partial charge in [-0.2, -0.15) is 11.3 Å². The number of nitrogens with one attached hydrogen (secondary N) is 1. The second-order valence-electron chi connectivity index (χ2n) is 3.94. The smallest absolute Gasteiger partial charge is 0.308 e. The molecule has 0 bridgehead atoms. The third-order valence-corrected chi connectivity index (χ3v) is 3.21. The predicted molar refractivity (Wildman–Crippen MR) is 67.1 cm³/mol. The first-order chi connectivity index (χ1) is 8.13. The van der Waals surface area contributed by atoms with Crippen LogP contribution in [0.4, 0.5) is 0 Å². The van der Waals surface area contributed by atoms with Crippen LogP contribution in [0.2, 0.25) is 0 Å². The molecule has 1 amide bonds. The van der Waals surface area contributed by atoms with Gasteiger partial charge in [0.05, 0.1) is 12.3 Å². The molecule has 1 aromatic rings. The molecular formula is C12H17NO3S. The lowest BCUT2D eigenvalue weighted by atomic mass is 10.0. The van der Waals surface area contributed by atoms with Gasteiger partial charge in [-0.15, -0.1) is 0 Å². The van der Waals surface area contributed by atoms with Crippen molar-refractivity contribution in [1.29, 1.82) is 0 Å². The number of hydrogen-bond acceptors (Lipinski definition) is 3. The van der Waals surface area contributed by atoms with Crippen LogP contribution in [0, 0.1) is 5.92 Å². The zero-order valence-electron chi connectivity index (χ0n) is 9.81. The standard InChI is InChI=1S/C12H17NO3S/c1-2-3-10(12(15)16)7-13-11(14)6-9-4-5-17-8-9/h4-5,8,10H,2-3,6-7H2,1H3,(H,13,14)(H,15,16). The molecule has 0 radical (unpaired) electrons. The first kappa shape index (κ1) is 13.7. The minimum atomic E-state index is -0.845. The van der Waals surface area contributed by atoms with E-state index in [9.17, 15) is 9.59 Å². The second-order valence-corrected chi connectivity index (χ2v) is 4.72. The van der Waals surface area contributed by atoms with E-state index in [1.165, 1.54) is 0 Å². The summed E-state index contributed by atoms with van der Waals surface area (Å²) in [6.45, 7) is 2.15. The summed E-state index contributed by atoms with van der Waals surface area (Å²) >= 11 is 1.54. The molecule has 0 saturated heterocycles. The second kappa shape index (κ2) is 7.06. The van der Waals surface area contributed by atoms with Gasteiger partial charge in [-0.1, -0.05) is 13.3 Å². The normalized spacial score (nSPS) is 12.1. The molecule has 0 saturated carbocycles. The minimum absolute atomic E-state index is 0.120. The molecule has 17 heavy (non-hydrogen) atoms. The topological polar surface area (TPSA) is 66.4 Å². The van der Waals surface area contributed by atoms with Gasteiger partial charge in [-0.05, 0) is 28.8 Å². The van der Waals surface area contributed by atoms with E-state index in [0.717, 1.165) is 12.0 Å². The van der Waals surface area contributed by atoms with Crippen molar-refractivity contribution in [1.82, 2.24) is 5.32 Å². The number of thiophene rings is 1. The van der Waals surface area contributed by atoms with Gasteiger partial charge in [0.15, 0.2) is 0 Å². The Bertz CT molecular complexity index is 362. The summed E-state index contributed by atoms with van der Waals surface area (Å²) in [4.78, 5) is 22.4. The summed E-state index contributed by atoms with van der Waals surface area (Å²) < 4.78 is 0. The molecular weight excluding hydrogens is 238 g/mol. The third kappa shape index (κ3) is 4.99. The van der Waals surface area contributed by atoms with Gasteiger partial charge in [-0.25, -0.2) is 0 Å². The van der Waals surface area contributed by atoms with Crippen molar-refractivity contribution in [2.75, 3.05) is 6.54 Å². The quantitative estimate of drug-likeness (QED) is 0.782. The van der Waals surface area contributed by atoms with E-state index in [1.807, 2.05) is 23.8 Å². The molecule has 0 aliphatic rings. The number of aliphatic carboxylic acids is 1. The van der Waals surface area contributed by atoms with E-state index < -0.39 is 11.9 Å². The van der Waals surface area contributed by atoms with E-state index in [4.69, 9.17) is 5.11 Å². The van der Waals surface area contributed by atoms with Gasteiger partial charge in [0.1, 0.15) is 0 Å².